The Labute approximate surface area is 107 Å². The predicted octanol–water partition coefficient (Wildman–Crippen LogP) is 0.879. The summed E-state index contributed by atoms with van der Waals surface area (Å²) in [4.78, 5) is 3.90. The van der Waals surface area contributed by atoms with E-state index in [1.165, 1.54) is 18.5 Å². The molecule has 0 aliphatic heterocycles. The molecule has 0 radical (unpaired) electrons. The van der Waals surface area contributed by atoms with E-state index in [0.717, 1.165) is 0 Å². The molecule has 1 aromatic heterocycles. The van der Waals surface area contributed by atoms with Crippen molar-refractivity contribution in [3.8, 4) is 0 Å². The van der Waals surface area contributed by atoms with Crippen molar-refractivity contribution in [3.05, 3.63) is 18.5 Å². The lowest BCUT2D eigenvalue weighted by Crippen LogP contribution is -2.32. The standard InChI is InChI=1S/C11H19BN4O2/c1-8(2)16(9(3)4)15-14-11-7-13-6-5-10(11)12(17)18/h5-9,17-18H,1-4H3. The molecule has 0 amide bonds. The predicted molar refractivity (Wildman–Crippen MR) is 70.7 cm³/mol. The molecular formula is C11H19BN4O2. The summed E-state index contributed by atoms with van der Waals surface area (Å²) in [6.07, 6.45) is 2.94. The van der Waals surface area contributed by atoms with Gasteiger partial charge in [-0.25, -0.2) is 0 Å². The summed E-state index contributed by atoms with van der Waals surface area (Å²) in [5, 5.41) is 28.4. The lowest BCUT2D eigenvalue weighted by molar-refractivity contribution is 0.169. The SMILES string of the molecule is CC(C)N(N=Nc1cnccc1B(O)O)C(C)C. The fraction of sp³-hybridized carbons (Fsp3) is 0.545. The molecule has 0 unspecified atom stereocenters. The second-order valence-electron chi connectivity index (χ2n) is 4.57. The normalized spacial score (nSPS) is 11.6. The molecule has 6 nitrogen and oxygen atoms in total. The molecule has 0 saturated heterocycles. The van der Waals surface area contributed by atoms with Gasteiger partial charge in [0, 0.05) is 23.7 Å². The van der Waals surface area contributed by atoms with Gasteiger partial charge >= 0.3 is 7.12 Å². The Kier molecular flexibility index (Phi) is 5.24. The van der Waals surface area contributed by atoms with Crippen LogP contribution in [0.5, 0.6) is 0 Å². The van der Waals surface area contributed by atoms with Crippen molar-refractivity contribution in [2.75, 3.05) is 0 Å². The van der Waals surface area contributed by atoms with E-state index in [-0.39, 0.29) is 12.1 Å². The zero-order valence-electron chi connectivity index (χ0n) is 11.1. The topological polar surface area (TPSA) is 81.3 Å². The summed E-state index contributed by atoms with van der Waals surface area (Å²) in [6.45, 7) is 8.07. The van der Waals surface area contributed by atoms with Crippen LogP contribution >= 0.6 is 0 Å². The Morgan fingerprint density at radius 2 is 1.83 bits per heavy atom. The molecule has 98 valence electrons. The third-order valence-electron chi connectivity index (χ3n) is 2.42. The van der Waals surface area contributed by atoms with E-state index in [9.17, 15) is 10.0 Å². The van der Waals surface area contributed by atoms with Crippen molar-refractivity contribution in [3.63, 3.8) is 0 Å². The van der Waals surface area contributed by atoms with Gasteiger partial charge in [-0.1, -0.05) is 5.22 Å². The third kappa shape index (κ3) is 3.78. The minimum absolute atomic E-state index is 0.216. The number of pyridine rings is 1. The highest BCUT2D eigenvalue weighted by Gasteiger charge is 2.16. The lowest BCUT2D eigenvalue weighted by atomic mass is 9.80. The number of nitrogens with zero attached hydrogens (tertiary/aromatic N) is 4. The Morgan fingerprint density at radius 1 is 1.22 bits per heavy atom. The summed E-state index contributed by atoms with van der Waals surface area (Å²) in [6, 6.07) is 1.94. The summed E-state index contributed by atoms with van der Waals surface area (Å²) >= 11 is 0. The summed E-state index contributed by atoms with van der Waals surface area (Å²) < 4.78 is 0. The minimum atomic E-state index is -1.58. The second-order valence-corrected chi connectivity index (χ2v) is 4.57. The summed E-state index contributed by atoms with van der Waals surface area (Å²) in [5.74, 6) is 0. The van der Waals surface area contributed by atoms with Gasteiger partial charge in [-0.2, -0.15) is 0 Å². The molecule has 1 heterocycles. The molecule has 7 heteroatoms. The highest BCUT2D eigenvalue weighted by molar-refractivity contribution is 6.60. The molecule has 1 rings (SSSR count). The number of hydrogen-bond acceptors (Lipinski definition) is 5. The van der Waals surface area contributed by atoms with Crippen molar-refractivity contribution >= 4 is 18.3 Å². The van der Waals surface area contributed by atoms with E-state index < -0.39 is 7.12 Å². The van der Waals surface area contributed by atoms with E-state index >= 15 is 0 Å². The zero-order valence-corrected chi connectivity index (χ0v) is 11.1. The van der Waals surface area contributed by atoms with E-state index in [4.69, 9.17) is 0 Å². The van der Waals surface area contributed by atoms with Gasteiger partial charge < -0.3 is 10.0 Å². The van der Waals surface area contributed by atoms with Crippen molar-refractivity contribution in [1.29, 1.82) is 0 Å². The van der Waals surface area contributed by atoms with Gasteiger partial charge in [0.1, 0.15) is 5.69 Å². The first-order valence-electron chi connectivity index (χ1n) is 5.93. The highest BCUT2D eigenvalue weighted by Crippen LogP contribution is 2.12. The van der Waals surface area contributed by atoms with Crippen LogP contribution < -0.4 is 5.46 Å². The van der Waals surface area contributed by atoms with Gasteiger partial charge in [0.05, 0.1) is 6.20 Å². The average Bonchev–Trinajstić information content (AvgIpc) is 2.28. The van der Waals surface area contributed by atoms with Crippen LogP contribution in [-0.4, -0.2) is 39.2 Å². The Bertz CT molecular complexity index is 402. The fourth-order valence-electron chi connectivity index (χ4n) is 1.60. The van der Waals surface area contributed by atoms with Crippen molar-refractivity contribution in [2.45, 2.75) is 39.8 Å². The molecule has 0 atom stereocenters. The summed E-state index contributed by atoms with van der Waals surface area (Å²) in [7, 11) is -1.58. The molecule has 0 spiro atoms. The van der Waals surface area contributed by atoms with Crippen LogP contribution in [0.15, 0.2) is 28.8 Å². The Morgan fingerprint density at radius 3 is 2.33 bits per heavy atom. The maximum atomic E-state index is 9.20. The zero-order chi connectivity index (χ0) is 13.7. The fourth-order valence-corrected chi connectivity index (χ4v) is 1.60. The maximum Gasteiger partial charge on any atom is 0.490 e. The van der Waals surface area contributed by atoms with Crippen LogP contribution in [-0.2, 0) is 0 Å². The van der Waals surface area contributed by atoms with E-state index in [1.807, 2.05) is 32.7 Å². The molecule has 2 N–H and O–H groups in total. The van der Waals surface area contributed by atoms with Gasteiger partial charge in [-0.3, -0.25) is 9.99 Å². The van der Waals surface area contributed by atoms with Crippen LogP contribution in [0.2, 0.25) is 0 Å². The minimum Gasteiger partial charge on any atom is -0.423 e. The Balaban J connectivity index is 2.96. The smallest absolute Gasteiger partial charge is 0.423 e. The van der Waals surface area contributed by atoms with Crippen LogP contribution in [0.3, 0.4) is 0 Å². The first-order valence-corrected chi connectivity index (χ1v) is 5.93. The maximum absolute atomic E-state index is 9.20. The van der Waals surface area contributed by atoms with Crippen molar-refractivity contribution in [1.82, 2.24) is 9.99 Å². The van der Waals surface area contributed by atoms with Gasteiger partial charge in [0.2, 0.25) is 0 Å². The molecule has 18 heavy (non-hydrogen) atoms. The molecule has 0 saturated carbocycles. The van der Waals surface area contributed by atoms with E-state index in [0.29, 0.717) is 11.2 Å². The van der Waals surface area contributed by atoms with Crippen molar-refractivity contribution < 1.29 is 10.0 Å². The molecular weight excluding hydrogens is 231 g/mol. The lowest BCUT2D eigenvalue weighted by Gasteiger charge is -2.25. The van der Waals surface area contributed by atoms with Gasteiger partial charge in [-0.05, 0) is 33.8 Å². The monoisotopic (exact) mass is 250 g/mol. The van der Waals surface area contributed by atoms with Gasteiger partial charge in [0.15, 0.2) is 0 Å². The highest BCUT2D eigenvalue weighted by atomic mass is 16.4. The second kappa shape index (κ2) is 6.46. The van der Waals surface area contributed by atoms with E-state index in [1.54, 1.807) is 0 Å². The molecule has 0 bridgehead atoms. The molecule has 0 fully saturated rings. The van der Waals surface area contributed by atoms with Gasteiger partial charge in [-0.15, -0.1) is 5.11 Å². The number of hydrogen-bond donors (Lipinski definition) is 2. The first kappa shape index (κ1) is 14.6. The van der Waals surface area contributed by atoms with Crippen molar-refractivity contribution in [2.24, 2.45) is 10.3 Å². The first-order chi connectivity index (χ1) is 8.43. The number of aromatic nitrogens is 1. The Hall–Kier alpha value is -1.47. The van der Waals surface area contributed by atoms with E-state index in [2.05, 4.69) is 15.3 Å². The third-order valence-corrected chi connectivity index (χ3v) is 2.42. The van der Waals surface area contributed by atoms with Crippen LogP contribution in [0, 0.1) is 0 Å². The molecule has 0 aliphatic carbocycles. The summed E-state index contributed by atoms with van der Waals surface area (Å²) in [5.41, 5.74) is 0.653. The molecule has 1 aromatic rings. The van der Waals surface area contributed by atoms with Crippen LogP contribution in [0.4, 0.5) is 5.69 Å². The van der Waals surface area contributed by atoms with Crippen LogP contribution in [0.25, 0.3) is 0 Å². The molecule has 0 aliphatic rings. The largest absolute Gasteiger partial charge is 0.490 e. The number of rotatable bonds is 5. The average molecular weight is 250 g/mol. The molecule has 0 aromatic carbocycles. The quantitative estimate of drug-likeness (QED) is 0.461. The van der Waals surface area contributed by atoms with Gasteiger partial charge in [0.25, 0.3) is 0 Å². The van der Waals surface area contributed by atoms with Crippen LogP contribution in [0.1, 0.15) is 27.7 Å².